The third-order valence-electron chi connectivity index (χ3n) is 3.04. The van der Waals surface area contributed by atoms with Crippen LogP contribution in [0.15, 0.2) is 18.2 Å². The van der Waals surface area contributed by atoms with E-state index in [1.165, 1.54) is 0 Å². The van der Waals surface area contributed by atoms with Gasteiger partial charge in [0, 0.05) is 13.5 Å². The van der Waals surface area contributed by atoms with Crippen LogP contribution in [0.5, 0.6) is 5.75 Å². The van der Waals surface area contributed by atoms with E-state index >= 15 is 0 Å². The van der Waals surface area contributed by atoms with Crippen molar-refractivity contribution in [3.8, 4) is 5.75 Å². The van der Waals surface area contributed by atoms with Crippen molar-refractivity contribution in [2.45, 2.75) is 32.8 Å². The molecule has 0 unspecified atom stereocenters. The van der Waals surface area contributed by atoms with Crippen LogP contribution in [0.4, 0.5) is 5.69 Å². The van der Waals surface area contributed by atoms with E-state index in [0.717, 1.165) is 6.42 Å². The van der Waals surface area contributed by atoms with Crippen LogP contribution in [0, 0.1) is 0 Å². The molecule has 1 rings (SSSR count). The lowest BCUT2D eigenvalue weighted by atomic mass is 10.1. The van der Waals surface area contributed by atoms with Crippen molar-refractivity contribution < 1.29 is 19.0 Å². The Labute approximate surface area is 120 Å². The number of nitrogen functional groups attached to an aromatic ring is 1. The van der Waals surface area contributed by atoms with Gasteiger partial charge in [0.2, 0.25) is 0 Å². The summed E-state index contributed by atoms with van der Waals surface area (Å²) in [5, 5.41) is 0. The third-order valence-corrected chi connectivity index (χ3v) is 3.04. The normalized spacial score (nSPS) is 11.2. The molecule has 0 radical (unpaired) electrons. The van der Waals surface area contributed by atoms with Gasteiger partial charge in [-0.05, 0) is 39.0 Å². The number of anilines is 1. The first-order valence-electron chi connectivity index (χ1n) is 6.64. The van der Waals surface area contributed by atoms with E-state index in [-0.39, 0.29) is 11.6 Å². The van der Waals surface area contributed by atoms with Crippen molar-refractivity contribution in [1.82, 2.24) is 0 Å². The van der Waals surface area contributed by atoms with Crippen LogP contribution in [-0.4, -0.2) is 31.9 Å². The molecule has 0 aliphatic heterocycles. The molecule has 2 N–H and O–H groups in total. The van der Waals surface area contributed by atoms with Crippen molar-refractivity contribution in [2.24, 2.45) is 0 Å². The minimum atomic E-state index is -0.383. The lowest BCUT2D eigenvalue weighted by molar-refractivity contribution is 0.00551. The highest BCUT2D eigenvalue weighted by atomic mass is 16.5. The molecule has 0 amide bonds. The highest BCUT2D eigenvalue weighted by Crippen LogP contribution is 2.24. The van der Waals surface area contributed by atoms with Gasteiger partial charge >= 0.3 is 5.97 Å². The number of methoxy groups -OCH3 is 1. The standard InChI is InChI=1S/C15H23NO4/c1-5-19-14(17)11-6-7-13(12(16)10-11)20-9-8-15(2,3)18-4/h6-7,10H,5,8-9,16H2,1-4H3. The van der Waals surface area contributed by atoms with Crippen LogP contribution in [0.1, 0.15) is 37.6 Å². The molecule has 0 spiro atoms. The molecule has 20 heavy (non-hydrogen) atoms. The number of hydrogen-bond acceptors (Lipinski definition) is 5. The van der Waals surface area contributed by atoms with Gasteiger partial charge in [0.25, 0.3) is 0 Å². The molecule has 1 aromatic rings. The number of benzene rings is 1. The summed E-state index contributed by atoms with van der Waals surface area (Å²) in [6, 6.07) is 4.89. The lowest BCUT2D eigenvalue weighted by Gasteiger charge is -2.22. The van der Waals surface area contributed by atoms with Crippen LogP contribution in [-0.2, 0) is 9.47 Å². The number of rotatable bonds is 7. The Hall–Kier alpha value is -1.75. The maximum absolute atomic E-state index is 11.6. The van der Waals surface area contributed by atoms with Gasteiger partial charge in [-0.2, -0.15) is 0 Å². The molecule has 0 bridgehead atoms. The van der Waals surface area contributed by atoms with Crippen molar-refractivity contribution in [3.05, 3.63) is 23.8 Å². The van der Waals surface area contributed by atoms with Gasteiger partial charge in [-0.25, -0.2) is 4.79 Å². The molecule has 0 fully saturated rings. The van der Waals surface area contributed by atoms with E-state index in [1.54, 1.807) is 32.2 Å². The van der Waals surface area contributed by atoms with Crippen LogP contribution in [0.3, 0.4) is 0 Å². The van der Waals surface area contributed by atoms with Crippen LogP contribution >= 0.6 is 0 Å². The van der Waals surface area contributed by atoms with E-state index in [9.17, 15) is 4.79 Å². The van der Waals surface area contributed by atoms with Gasteiger partial charge in [-0.15, -0.1) is 0 Å². The predicted molar refractivity (Wildman–Crippen MR) is 78.0 cm³/mol. The highest BCUT2D eigenvalue weighted by molar-refractivity contribution is 5.91. The first kappa shape index (κ1) is 16.3. The molecule has 112 valence electrons. The second-order valence-electron chi connectivity index (χ2n) is 5.04. The minimum absolute atomic E-state index is 0.236. The Morgan fingerprint density at radius 1 is 1.35 bits per heavy atom. The highest BCUT2D eigenvalue weighted by Gasteiger charge is 2.16. The minimum Gasteiger partial charge on any atom is -0.491 e. The van der Waals surface area contributed by atoms with Gasteiger partial charge in [-0.3, -0.25) is 0 Å². The summed E-state index contributed by atoms with van der Waals surface area (Å²) in [4.78, 5) is 11.6. The Kier molecular flexibility index (Phi) is 5.82. The van der Waals surface area contributed by atoms with Crippen LogP contribution in [0.2, 0.25) is 0 Å². The topological polar surface area (TPSA) is 70.8 Å². The predicted octanol–water partition coefficient (Wildman–Crippen LogP) is 2.64. The molecule has 1 aromatic carbocycles. The van der Waals surface area contributed by atoms with Crippen LogP contribution < -0.4 is 10.5 Å². The molecule has 0 heterocycles. The average molecular weight is 281 g/mol. The first-order chi connectivity index (χ1) is 9.39. The summed E-state index contributed by atoms with van der Waals surface area (Å²) in [7, 11) is 1.67. The zero-order valence-corrected chi connectivity index (χ0v) is 12.6. The fourth-order valence-electron chi connectivity index (χ4n) is 1.53. The first-order valence-corrected chi connectivity index (χ1v) is 6.64. The van der Waals surface area contributed by atoms with Crippen molar-refractivity contribution in [3.63, 3.8) is 0 Å². The molecular weight excluding hydrogens is 258 g/mol. The number of esters is 1. The lowest BCUT2D eigenvalue weighted by Crippen LogP contribution is -2.25. The third kappa shape index (κ3) is 4.74. The average Bonchev–Trinajstić information content (AvgIpc) is 2.40. The maximum Gasteiger partial charge on any atom is 0.338 e. The second kappa shape index (κ2) is 7.14. The molecule has 0 aromatic heterocycles. The summed E-state index contributed by atoms with van der Waals surface area (Å²) in [6.45, 7) is 6.57. The zero-order chi connectivity index (χ0) is 15.2. The van der Waals surface area contributed by atoms with Crippen molar-refractivity contribution >= 4 is 11.7 Å². The van der Waals surface area contributed by atoms with Crippen molar-refractivity contribution in [2.75, 3.05) is 26.1 Å². The van der Waals surface area contributed by atoms with Gasteiger partial charge in [0.1, 0.15) is 5.75 Å². The molecule has 0 aliphatic carbocycles. The largest absolute Gasteiger partial charge is 0.491 e. The number of carbonyl (C=O) groups excluding carboxylic acids is 1. The molecular formula is C15H23NO4. The Morgan fingerprint density at radius 2 is 2.05 bits per heavy atom. The maximum atomic E-state index is 11.6. The smallest absolute Gasteiger partial charge is 0.338 e. The van der Waals surface area contributed by atoms with Crippen LogP contribution in [0.25, 0.3) is 0 Å². The summed E-state index contributed by atoms with van der Waals surface area (Å²) in [5.74, 6) is 0.177. The van der Waals surface area contributed by atoms with E-state index in [0.29, 0.717) is 30.2 Å². The number of hydrogen-bond donors (Lipinski definition) is 1. The Morgan fingerprint density at radius 3 is 2.60 bits per heavy atom. The van der Waals surface area contributed by atoms with Gasteiger partial charge in [-0.1, -0.05) is 0 Å². The van der Waals surface area contributed by atoms with Gasteiger partial charge in [0.05, 0.1) is 30.1 Å². The van der Waals surface area contributed by atoms with Crippen molar-refractivity contribution in [1.29, 1.82) is 0 Å². The summed E-state index contributed by atoms with van der Waals surface area (Å²) in [5.41, 5.74) is 6.48. The monoisotopic (exact) mass is 281 g/mol. The van der Waals surface area contributed by atoms with Gasteiger partial charge < -0.3 is 19.9 Å². The summed E-state index contributed by atoms with van der Waals surface area (Å²) in [6.07, 6.45) is 0.739. The SMILES string of the molecule is CCOC(=O)c1ccc(OCCC(C)(C)OC)c(N)c1. The fourth-order valence-corrected chi connectivity index (χ4v) is 1.53. The molecule has 0 atom stereocenters. The molecule has 5 heteroatoms. The number of carbonyl (C=O) groups is 1. The fraction of sp³-hybridized carbons (Fsp3) is 0.533. The molecule has 0 saturated carbocycles. The van der Waals surface area contributed by atoms with E-state index < -0.39 is 0 Å². The van der Waals surface area contributed by atoms with E-state index in [1.807, 2.05) is 13.8 Å². The number of ether oxygens (including phenoxy) is 3. The summed E-state index contributed by atoms with van der Waals surface area (Å²) >= 11 is 0. The zero-order valence-electron chi connectivity index (χ0n) is 12.6. The van der Waals surface area contributed by atoms with Gasteiger partial charge in [0.15, 0.2) is 0 Å². The summed E-state index contributed by atoms with van der Waals surface area (Å²) < 4.78 is 15.8. The second-order valence-corrected chi connectivity index (χ2v) is 5.04. The Bertz CT molecular complexity index is 457. The van der Waals surface area contributed by atoms with E-state index in [4.69, 9.17) is 19.9 Å². The number of nitrogens with two attached hydrogens (primary N) is 1. The van der Waals surface area contributed by atoms with E-state index in [2.05, 4.69) is 0 Å². The quantitative estimate of drug-likeness (QED) is 0.614. The molecule has 0 saturated heterocycles. The Balaban J connectivity index is 2.62. The molecule has 0 aliphatic rings. The molecule has 5 nitrogen and oxygen atoms in total.